The van der Waals surface area contributed by atoms with Crippen molar-refractivity contribution < 1.29 is 9.84 Å². The lowest BCUT2D eigenvalue weighted by molar-refractivity contribution is -0.116. The Bertz CT molecular complexity index is 875. The summed E-state index contributed by atoms with van der Waals surface area (Å²) >= 11 is 0. The van der Waals surface area contributed by atoms with Crippen molar-refractivity contribution in [2.75, 3.05) is 13.7 Å². The minimum absolute atomic E-state index is 0.133. The summed E-state index contributed by atoms with van der Waals surface area (Å²) in [6.45, 7) is 13.0. The second kappa shape index (κ2) is 9.46. The Hall–Kier alpha value is -0.870. The van der Waals surface area contributed by atoms with Crippen LogP contribution in [0, 0.1) is 46.8 Å². The van der Waals surface area contributed by atoms with Crippen LogP contribution in [0.4, 0.5) is 0 Å². The summed E-state index contributed by atoms with van der Waals surface area (Å²) in [5.74, 6) is 5.67. The third-order valence-corrected chi connectivity index (χ3v) is 12.0. The Morgan fingerprint density at radius 1 is 1.06 bits per heavy atom. The van der Waals surface area contributed by atoms with E-state index in [4.69, 9.17) is 9.84 Å². The molecule has 0 aliphatic heterocycles. The average molecular weight is 485 g/mol. The molecule has 1 heterocycles. The normalized spacial score (nSPS) is 41.1. The Labute approximate surface area is 214 Å². The number of fused-ring (bicyclic) bond motifs is 5. The number of nitrogens with zero attached hydrogens (tertiary/aromatic N) is 2. The molecule has 4 aliphatic rings. The molecule has 4 saturated carbocycles. The van der Waals surface area contributed by atoms with Crippen molar-refractivity contribution in [3.05, 3.63) is 18.0 Å². The predicted molar refractivity (Wildman–Crippen MR) is 142 cm³/mol. The van der Waals surface area contributed by atoms with Crippen molar-refractivity contribution in [2.24, 2.45) is 46.8 Å². The highest BCUT2D eigenvalue weighted by Gasteiger charge is 2.60. The summed E-state index contributed by atoms with van der Waals surface area (Å²) in [7, 11) is 1.87. The maximum Gasteiger partial charge on any atom is 0.0848 e. The SMILES string of the molecule is CCC(C)(C)c1cnn(CC(C)(O)C2CCC3C4CC[C@@H]5CC(COC)CCC5C4CCC32C)c1. The van der Waals surface area contributed by atoms with Crippen LogP contribution >= 0.6 is 0 Å². The van der Waals surface area contributed by atoms with E-state index in [1.54, 1.807) is 0 Å². The average Bonchev–Trinajstić information content (AvgIpc) is 3.43. The van der Waals surface area contributed by atoms with Crippen LogP contribution in [0.25, 0.3) is 0 Å². The van der Waals surface area contributed by atoms with Crippen molar-refractivity contribution >= 4 is 0 Å². The maximum atomic E-state index is 11.9. The van der Waals surface area contributed by atoms with E-state index in [1.165, 1.54) is 63.4 Å². The van der Waals surface area contributed by atoms with E-state index in [2.05, 4.69) is 40.8 Å². The van der Waals surface area contributed by atoms with Gasteiger partial charge in [-0.3, -0.25) is 4.68 Å². The fourth-order valence-corrected chi connectivity index (χ4v) is 9.80. The largest absolute Gasteiger partial charge is 0.388 e. The third kappa shape index (κ3) is 4.54. The number of rotatable bonds is 7. The highest BCUT2D eigenvalue weighted by Crippen LogP contribution is 2.66. The molecule has 198 valence electrons. The smallest absolute Gasteiger partial charge is 0.0848 e. The van der Waals surface area contributed by atoms with Gasteiger partial charge in [-0.2, -0.15) is 5.10 Å². The van der Waals surface area contributed by atoms with Gasteiger partial charge in [-0.1, -0.05) is 27.7 Å². The lowest BCUT2D eigenvalue weighted by Crippen LogP contribution is -2.52. The molecule has 5 rings (SSSR count). The van der Waals surface area contributed by atoms with Crippen LogP contribution in [-0.4, -0.2) is 34.2 Å². The monoisotopic (exact) mass is 484 g/mol. The lowest BCUT2D eigenvalue weighted by atomic mass is 9.48. The molecular weight excluding hydrogens is 432 g/mol. The van der Waals surface area contributed by atoms with Crippen LogP contribution in [0.15, 0.2) is 12.4 Å². The van der Waals surface area contributed by atoms with E-state index in [-0.39, 0.29) is 10.8 Å². The molecular formula is C31H52N2O2. The zero-order valence-electron chi connectivity index (χ0n) is 23.4. The number of aromatic nitrogens is 2. The molecule has 35 heavy (non-hydrogen) atoms. The molecule has 4 aliphatic carbocycles. The summed E-state index contributed by atoms with van der Waals surface area (Å²) in [5.41, 5.74) is 0.965. The van der Waals surface area contributed by atoms with Crippen LogP contribution in [0.5, 0.6) is 0 Å². The minimum Gasteiger partial charge on any atom is -0.388 e. The van der Waals surface area contributed by atoms with Gasteiger partial charge in [0.05, 0.1) is 18.3 Å². The second-order valence-corrected chi connectivity index (χ2v) is 14.3. The fourth-order valence-electron chi connectivity index (χ4n) is 9.80. The number of aliphatic hydroxyl groups is 1. The highest BCUT2D eigenvalue weighted by molar-refractivity contribution is 5.17. The molecule has 1 aromatic rings. The zero-order valence-corrected chi connectivity index (χ0v) is 23.4. The molecule has 0 spiro atoms. The lowest BCUT2D eigenvalue weighted by Gasteiger charge is -2.57. The van der Waals surface area contributed by atoms with Crippen LogP contribution in [0.2, 0.25) is 0 Å². The van der Waals surface area contributed by atoms with E-state index >= 15 is 0 Å². The van der Waals surface area contributed by atoms with Crippen LogP contribution in [0.3, 0.4) is 0 Å². The molecule has 1 N–H and O–H groups in total. The van der Waals surface area contributed by atoms with Gasteiger partial charge in [0.1, 0.15) is 0 Å². The summed E-state index contributed by atoms with van der Waals surface area (Å²) in [6.07, 6.45) is 17.5. The molecule has 0 saturated heterocycles. The van der Waals surface area contributed by atoms with Gasteiger partial charge < -0.3 is 9.84 Å². The second-order valence-electron chi connectivity index (χ2n) is 14.3. The molecule has 4 heteroatoms. The van der Waals surface area contributed by atoms with Crippen molar-refractivity contribution in [1.29, 1.82) is 0 Å². The quantitative estimate of drug-likeness (QED) is 0.460. The van der Waals surface area contributed by atoms with Gasteiger partial charge in [0.2, 0.25) is 0 Å². The molecule has 4 fully saturated rings. The molecule has 1 aromatic heterocycles. The van der Waals surface area contributed by atoms with Crippen LogP contribution in [0.1, 0.15) is 104 Å². The van der Waals surface area contributed by atoms with Gasteiger partial charge in [0.25, 0.3) is 0 Å². The van der Waals surface area contributed by atoms with Gasteiger partial charge in [0, 0.05) is 19.9 Å². The van der Waals surface area contributed by atoms with Gasteiger partial charge in [0.15, 0.2) is 0 Å². The van der Waals surface area contributed by atoms with Gasteiger partial charge in [-0.25, -0.2) is 0 Å². The van der Waals surface area contributed by atoms with Gasteiger partial charge in [-0.15, -0.1) is 0 Å². The van der Waals surface area contributed by atoms with Crippen molar-refractivity contribution in [1.82, 2.24) is 9.78 Å². The van der Waals surface area contributed by atoms with Crippen LogP contribution in [-0.2, 0) is 16.7 Å². The van der Waals surface area contributed by atoms with E-state index in [0.29, 0.717) is 12.5 Å². The first kappa shape index (κ1) is 25.8. The number of methoxy groups -OCH3 is 1. The molecule has 9 atom stereocenters. The summed E-state index contributed by atoms with van der Waals surface area (Å²) < 4.78 is 7.54. The highest BCUT2D eigenvalue weighted by atomic mass is 16.5. The first-order chi connectivity index (χ1) is 16.6. The number of hydrogen-bond donors (Lipinski definition) is 1. The standard InChI is InChI=1S/C31H52N2O2/c1-7-29(2,3)23-17-32-33(18-23)20-31(5,34)28-13-12-27-26-11-9-22-16-21(19-35-6)8-10-24(22)25(26)14-15-30(27,28)4/h17-18,21-22,24-28,34H,7-16,19-20H2,1-6H3/t21?,22-,24?,25?,26?,27?,28?,30?,31?/m1/s1. The Morgan fingerprint density at radius 2 is 1.83 bits per heavy atom. The third-order valence-electron chi connectivity index (χ3n) is 12.0. The fraction of sp³-hybridized carbons (Fsp3) is 0.903. The molecule has 0 aromatic carbocycles. The summed E-state index contributed by atoms with van der Waals surface area (Å²) in [4.78, 5) is 0. The molecule has 0 amide bonds. The van der Waals surface area contributed by atoms with Gasteiger partial charge >= 0.3 is 0 Å². The molecule has 0 radical (unpaired) electrons. The number of hydrogen-bond acceptors (Lipinski definition) is 3. The molecule has 8 unspecified atom stereocenters. The number of ether oxygens (including phenoxy) is 1. The minimum atomic E-state index is -0.717. The summed E-state index contributed by atoms with van der Waals surface area (Å²) in [6, 6.07) is 0. The predicted octanol–water partition coefficient (Wildman–Crippen LogP) is 6.85. The van der Waals surface area contributed by atoms with Crippen molar-refractivity contribution in [2.45, 2.75) is 116 Å². The first-order valence-corrected chi connectivity index (χ1v) is 14.8. The Balaban J connectivity index is 1.29. The Morgan fingerprint density at radius 3 is 2.57 bits per heavy atom. The van der Waals surface area contributed by atoms with Crippen LogP contribution < -0.4 is 0 Å². The van der Waals surface area contributed by atoms with E-state index < -0.39 is 5.60 Å². The van der Waals surface area contributed by atoms with E-state index in [9.17, 15) is 5.11 Å². The molecule has 4 nitrogen and oxygen atoms in total. The first-order valence-electron chi connectivity index (χ1n) is 14.8. The topological polar surface area (TPSA) is 47.3 Å². The van der Waals surface area contributed by atoms with E-state index in [1.807, 2.05) is 18.0 Å². The Kier molecular flexibility index (Phi) is 6.96. The zero-order chi connectivity index (χ0) is 25.0. The molecule has 0 bridgehead atoms. The van der Waals surface area contributed by atoms with E-state index in [0.717, 1.165) is 48.5 Å². The summed E-state index contributed by atoms with van der Waals surface area (Å²) in [5, 5.41) is 16.6. The van der Waals surface area contributed by atoms with Gasteiger partial charge in [-0.05, 0) is 129 Å². The maximum absolute atomic E-state index is 11.9. The van der Waals surface area contributed by atoms with Crippen molar-refractivity contribution in [3.8, 4) is 0 Å². The van der Waals surface area contributed by atoms with Crippen molar-refractivity contribution in [3.63, 3.8) is 0 Å².